The predicted octanol–water partition coefficient (Wildman–Crippen LogP) is 4.45. The van der Waals surface area contributed by atoms with Gasteiger partial charge in [-0.2, -0.15) is 0 Å². The maximum absolute atomic E-state index is 10.2. The molecule has 0 spiro atoms. The molecule has 20 heavy (non-hydrogen) atoms. The molecular formula is C18H22O2. The topological polar surface area (TPSA) is 40.5 Å². The Morgan fingerprint density at radius 2 is 1.40 bits per heavy atom. The van der Waals surface area contributed by atoms with Gasteiger partial charge in [0.05, 0.1) is 0 Å². The first-order valence-corrected chi connectivity index (χ1v) is 7.27. The number of hydrogen-bond donors (Lipinski definition) is 2. The summed E-state index contributed by atoms with van der Waals surface area (Å²) >= 11 is 0. The lowest BCUT2D eigenvalue weighted by Crippen LogP contribution is -1.92. The number of aryl methyl sites for hydroxylation is 3. The van der Waals surface area contributed by atoms with Gasteiger partial charge < -0.3 is 10.2 Å². The summed E-state index contributed by atoms with van der Waals surface area (Å²) in [6.45, 7) is 6.20. The third-order valence-corrected chi connectivity index (χ3v) is 3.83. The van der Waals surface area contributed by atoms with Crippen molar-refractivity contribution >= 4 is 0 Å². The molecule has 2 rings (SSSR count). The van der Waals surface area contributed by atoms with Crippen LogP contribution in [0.3, 0.4) is 0 Å². The van der Waals surface area contributed by atoms with Crippen LogP contribution in [-0.4, -0.2) is 10.2 Å². The molecular weight excluding hydrogens is 248 g/mol. The first-order chi connectivity index (χ1) is 9.60. The van der Waals surface area contributed by atoms with Crippen LogP contribution in [0.4, 0.5) is 0 Å². The van der Waals surface area contributed by atoms with Crippen molar-refractivity contribution in [1.29, 1.82) is 0 Å². The van der Waals surface area contributed by atoms with Crippen LogP contribution in [0.15, 0.2) is 30.3 Å². The van der Waals surface area contributed by atoms with Crippen LogP contribution in [0.25, 0.3) is 11.1 Å². The Morgan fingerprint density at radius 3 is 2.00 bits per heavy atom. The van der Waals surface area contributed by atoms with Gasteiger partial charge in [0.15, 0.2) is 0 Å². The van der Waals surface area contributed by atoms with Crippen LogP contribution in [-0.2, 0) is 19.3 Å². The molecule has 0 aliphatic rings. The smallest absolute Gasteiger partial charge is 0.123 e. The van der Waals surface area contributed by atoms with Crippen molar-refractivity contribution in [2.75, 3.05) is 0 Å². The summed E-state index contributed by atoms with van der Waals surface area (Å²) in [5.41, 5.74) is 4.97. The molecule has 0 radical (unpaired) electrons. The molecule has 2 aromatic rings. The van der Waals surface area contributed by atoms with Crippen LogP contribution >= 0.6 is 0 Å². The van der Waals surface area contributed by atoms with Crippen LogP contribution in [0.2, 0.25) is 0 Å². The van der Waals surface area contributed by atoms with E-state index in [1.54, 1.807) is 12.1 Å². The summed E-state index contributed by atoms with van der Waals surface area (Å²) in [5.74, 6) is 0.487. The Balaban J connectivity index is 2.59. The lowest BCUT2D eigenvalue weighted by atomic mass is 9.93. The third-order valence-electron chi connectivity index (χ3n) is 3.83. The minimum atomic E-state index is 0.235. The van der Waals surface area contributed by atoms with Gasteiger partial charge in [-0.1, -0.05) is 39.0 Å². The third kappa shape index (κ3) is 2.64. The van der Waals surface area contributed by atoms with E-state index in [-0.39, 0.29) is 11.5 Å². The Bertz CT molecular complexity index is 615. The minimum absolute atomic E-state index is 0.235. The molecule has 0 heterocycles. The van der Waals surface area contributed by atoms with Crippen molar-refractivity contribution in [2.24, 2.45) is 0 Å². The standard InChI is InChI=1S/C18H22O2/c1-4-12-7-8-15(13(5-2)9-12)16-11-17(19)14(6-3)10-18(16)20/h7-11,19-20H,4-6H2,1-3H3. The molecule has 0 aromatic heterocycles. The first kappa shape index (κ1) is 14.4. The predicted molar refractivity (Wildman–Crippen MR) is 83.3 cm³/mol. The second kappa shape index (κ2) is 6.00. The van der Waals surface area contributed by atoms with E-state index in [1.165, 1.54) is 11.1 Å². The van der Waals surface area contributed by atoms with Crippen molar-refractivity contribution in [3.63, 3.8) is 0 Å². The lowest BCUT2D eigenvalue weighted by molar-refractivity contribution is 0.456. The van der Waals surface area contributed by atoms with Gasteiger partial charge in [0.25, 0.3) is 0 Å². The first-order valence-electron chi connectivity index (χ1n) is 7.27. The summed E-state index contributed by atoms with van der Waals surface area (Å²) in [4.78, 5) is 0. The molecule has 2 aromatic carbocycles. The fourth-order valence-electron chi connectivity index (χ4n) is 2.54. The van der Waals surface area contributed by atoms with Gasteiger partial charge in [0, 0.05) is 5.56 Å². The van der Waals surface area contributed by atoms with Crippen molar-refractivity contribution in [2.45, 2.75) is 40.0 Å². The monoisotopic (exact) mass is 270 g/mol. The number of hydrogen-bond acceptors (Lipinski definition) is 2. The Hall–Kier alpha value is -1.96. The molecule has 0 amide bonds. The summed E-state index contributed by atoms with van der Waals surface area (Å²) in [7, 11) is 0. The van der Waals surface area contributed by atoms with Gasteiger partial charge in [-0.05, 0) is 53.6 Å². The molecule has 0 fully saturated rings. The zero-order valence-corrected chi connectivity index (χ0v) is 12.4. The van der Waals surface area contributed by atoms with Gasteiger partial charge in [-0.3, -0.25) is 0 Å². The number of phenols is 2. The van der Waals surface area contributed by atoms with Crippen molar-refractivity contribution in [3.8, 4) is 22.6 Å². The van der Waals surface area contributed by atoms with Crippen molar-refractivity contribution in [1.82, 2.24) is 0 Å². The molecule has 0 saturated carbocycles. The van der Waals surface area contributed by atoms with Gasteiger partial charge in [0.2, 0.25) is 0 Å². The van der Waals surface area contributed by atoms with Crippen LogP contribution in [0, 0.1) is 0 Å². The number of phenolic OH excluding ortho intramolecular Hbond substituents is 2. The lowest BCUT2D eigenvalue weighted by Gasteiger charge is -2.13. The molecule has 0 bridgehead atoms. The molecule has 0 saturated heterocycles. The van der Waals surface area contributed by atoms with Crippen LogP contribution < -0.4 is 0 Å². The SMILES string of the molecule is CCc1ccc(-c2cc(O)c(CC)cc2O)c(CC)c1. The van der Waals surface area contributed by atoms with Crippen molar-refractivity contribution < 1.29 is 10.2 Å². The highest BCUT2D eigenvalue weighted by Crippen LogP contribution is 2.37. The summed E-state index contributed by atoms with van der Waals surface area (Å²) in [6, 6.07) is 9.64. The molecule has 0 unspecified atom stereocenters. The van der Waals surface area contributed by atoms with E-state index >= 15 is 0 Å². The van der Waals surface area contributed by atoms with E-state index in [0.29, 0.717) is 12.0 Å². The van der Waals surface area contributed by atoms with E-state index in [1.807, 2.05) is 13.0 Å². The van der Waals surface area contributed by atoms with Gasteiger partial charge in [0.1, 0.15) is 11.5 Å². The quantitative estimate of drug-likeness (QED) is 0.806. The van der Waals surface area contributed by atoms with Gasteiger partial charge >= 0.3 is 0 Å². The van der Waals surface area contributed by atoms with Gasteiger partial charge in [-0.25, -0.2) is 0 Å². The Kier molecular flexibility index (Phi) is 4.33. The molecule has 106 valence electrons. The maximum Gasteiger partial charge on any atom is 0.123 e. The maximum atomic E-state index is 10.2. The summed E-state index contributed by atoms with van der Waals surface area (Å²) in [6.07, 6.45) is 2.60. The molecule has 0 atom stereocenters. The van der Waals surface area contributed by atoms with E-state index in [9.17, 15) is 10.2 Å². The second-order valence-corrected chi connectivity index (χ2v) is 5.05. The van der Waals surface area contributed by atoms with E-state index in [0.717, 1.165) is 24.0 Å². The van der Waals surface area contributed by atoms with E-state index < -0.39 is 0 Å². The average Bonchev–Trinajstić information content (AvgIpc) is 2.48. The molecule has 0 aliphatic heterocycles. The fraction of sp³-hybridized carbons (Fsp3) is 0.333. The Labute approximate surface area is 120 Å². The van der Waals surface area contributed by atoms with Crippen molar-refractivity contribution in [3.05, 3.63) is 47.0 Å². The molecule has 0 aliphatic carbocycles. The average molecular weight is 270 g/mol. The zero-order valence-electron chi connectivity index (χ0n) is 12.4. The largest absolute Gasteiger partial charge is 0.508 e. The highest BCUT2D eigenvalue weighted by atomic mass is 16.3. The number of benzene rings is 2. The zero-order chi connectivity index (χ0) is 14.7. The highest BCUT2D eigenvalue weighted by Gasteiger charge is 2.12. The van der Waals surface area contributed by atoms with E-state index in [2.05, 4.69) is 26.0 Å². The normalized spacial score (nSPS) is 10.8. The molecule has 2 heteroatoms. The molecule has 2 nitrogen and oxygen atoms in total. The van der Waals surface area contributed by atoms with Crippen LogP contribution in [0.5, 0.6) is 11.5 Å². The summed E-state index contributed by atoms with van der Waals surface area (Å²) < 4.78 is 0. The Morgan fingerprint density at radius 1 is 0.700 bits per heavy atom. The van der Waals surface area contributed by atoms with Crippen LogP contribution in [0.1, 0.15) is 37.5 Å². The minimum Gasteiger partial charge on any atom is -0.508 e. The molecule has 2 N–H and O–H groups in total. The number of rotatable bonds is 4. The van der Waals surface area contributed by atoms with E-state index in [4.69, 9.17) is 0 Å². The fourth-order valence-corrected chi connectivity index (χ4v) is 2.54. The highest BCUT2D eigenvalue weighted by molar-refractivity contribution is 5.75. The van der Waals surface area contributed by atoms with Gasteiger partial charge in [-0.15, -0.1) is 0 Å². The number of aromatic hydroxyl groups is 2. The second-order valence-electron chi connectivity index (χ2n) is 5.05. The summed E-state index contributed by atoms with van der Waals surface area (Å²) in [5, 5.41) is 20.3.